The number of unbranched alkanes of at least 4 members (excludes halogenated alkanes) is 1. The lowest BCUT2D eigenvalue weighted by atomic mass is 10.2. The van der Waals surface area contributed by atoms with Gasteiger partial charge in [-0.25, -0.2) is 22.7 Å². The van der Waals surface area contributed by atoms with Crippen LogP contribution in [-0.4, -0.2) is 48.4 Å². The number of thiazole rings is 2. The number of hydrogen-bond acceptors (Lipinski definition) is 8. The number of benzene rings is 2. The minimum Gasteiger partial charge on any atom is -0.298 e. The maximum Gasteiger partial charge on any atom is 0.257 e. The van der Waals surface area contributed by atoms with Gasteiger partial charge in [-0.15, -0.1) is 11.3 Å². The minimum atomic E-state index is -3.57. The van der Waals surface area contributed by atoms with Gasteiger partial charge in [-0.2, -0.15) is 0 Å². The van der Waals surface area contributed by atoms with E-state index in [9.17, 15) is 13.2 Å². The van der Waals surface area contributed by atoms with Gasteiger partial charge in [-0.3, -0.25) is 10.1 Å². The van der Waals surface area contributed by atoms with E-state index in [4.69, 9.17) is 0 Å². The molecule has 2 aromatic carbocycles. The van der Waals surface area contributed by atoms with Crippen molar-refractivity contribution in [1.29, 1.82) is 0 Å². The lowest BCUT2D eigenvalue weighted by Gasteiger charge is -2.16. The molecule has 1 N–H and O–H groups in total. The van der Waals surface area contributed by atoms with E-state index < -0.39 is 10.0 Å². The molecular weight excluding hydrogens is 485 g/mol. The van der Waals surface area contributed by atoms with Crippen LogP contribution in [0, 0.1) is 0 Å². The Hall–Kier alpha value is -2.05. The fourth-order valence-corrected chi connectivity index (χ4v) is 6.98. The van der Waals surface area contributed by atoms with Crippen LogP contribution >= 0.6 is 34.4 Å². The largest absolute Gasteiger partial charge is 0.298 e. The summed E-state index contributed by atoms with van der Waals surface area (Å²) in [6.07, 6.45) is 3.70. The number of thioether (sulfide) groups is 1. The number of anilines is 1. The second-order valence-electron chi connectivity index (χ2n) is 7.12. The highest BCUT2D eigenvalue weighted by Crippen LogP contribution is 2.38. The number of carbonyl (C=O) groups excluding carboxylic acids is 1. The third-order valence-corrected chi connectivity index (χ3v) is 10.0. The number of nitrogens with zero attached hydrogens (tertiary/aromatic N) is 3. The van der Waals surface area contributed by atoms with Gasteiger partial charge in [0, 0.05) is 19.2 Å². The monoisotopic (exact) mass is 506 g/mol. The molecule has 0 unspecified atom stereocenters. The molecule has 0 bridgehead atoms. The van der Waals surface area contributed by atoms with E-state index in [1.807, 2.05) is 25.3 Å². The van der Waals surface area contributed by atoms with Crippen molar-refractivity contribution >= 4 is 75.9 Å². The average molecular weight is 507 g/mol. The Bertz CT molecular complexity index is 1380. The van der Waals surface area contributed by atoms with Crippen molar-refractivity contribution in [3.63, 3.8) is 0 Å². The van der Waals surface area contributed by atoms with Gasteiger partial charge >= 0.3 is 0 Å². The first-order chi connectivity index (χ1) is 15.3. The summed E-state index contributed by atoms with van der Waals surface area (Å²) in [5.41, 5.74) is 2.10. The summed E-state index contributed by atoms with van der Waals surface area (Å²) in [7, 11) is -2.00. The lowest BCUT2D eigenvalue weighted by Crippen LogP contribution is -2.28. The summed E-state index contributed by atoms with van der Waals surface area (Å²) in [4.78, 5) is 22.0. The van der Waals surface area contributed by atoms with Gasteiger partial charge in [0.1, 0.15) is 0 Å². The highest BCUT2D eigenvalue weighted by atomic mass is 32.2. The Morgan fingerprint density at radius 2 is 1.72 bits per heavy atom. The van der Waals surface area contributed by atoms with E-state index in [-0.39, 0.29) is 10.8 Å². The highest BCUT2D eigenvalue weighted by Gasteiger charge is 2.21. The molecule has 4 rings (SSSR count). The van der Waals surface area contributed by atoms with Gasteiger partial charge in [0.25, 0.3) is 5.91 Å². The maximum absolute atomic E-state index is 12.7. The van der Waals surface area contributed by atoms with Gasteiger partial charge < -0.3 is 0 Å². The molecular formula is C21H22N4O3S4. The van der Waals surface area contributed by atoms with Crippen molar-refractivity contribution in [2.45, 2.75) is 29.0 Å². The van der Waals surface area contributed by atoms with Crippen molar-refractivity contribution < 1.29 is 13.2 Å². The van der Waals surface area contributed by atoms with Crippen molar-refractivity contribution in [3.05, 3.63) is 42.0 Å². The first kappa shape index (κ1) is 23.1. The summed E-state index contributed by atoms with van der Waals surface area (Å²) in [5.74, 6) is -0.335. The Balaban J connectivity index is 1.53. The molecule has 168 valence electrons. The molecule has 2 heterocycles. The van der Waals surface area contributed by atoms with Gasteiger partial charge in [0.05, 0.1) is 25.3 Å². The van der Waals surface area contributed by atoms with Crippen LogP contribution in [-0.2, 0) is 10.0 Å². The van der Waals surface area contributed by atoms with Crippen LogP contribution in [0.1, 0.15) is 30.1 Å². The van der Waals surface area contributed by atoms with Crippen LogP contribution in [0.3, 0.4) is 0 Å². The van der Waals surface area contributed by atoms with E-state index in [0.717, 1.165) is 37.6 Å². The van der Waals surface area contributed by atoms with Crippen LogP contribution < -0.4 is 5.32 Å². The molecule has 4 aromatic rings. The molecule has 0 radical (unpaired) electrons. The number of carbonyl (C=O) groups is 1. The first-order valence-corrected chi connectivity index (χ1v) is 14.2. The van der Waals surface area contributed by atoms with Crippen molar-refractivity contribution in [2.75, 3.05) is 25.2 Å². The molecule has 7 nitrogen and oxygen atoms in total. The van der Waals surface area contributed by atoms with Crippen LogP contribution in [0.25, 0.3) is 20.4 Å². The van der Waals surface area contributed by atoms with E-state index in [1.165, 1.54) is 39.9 Å². The van der Waals surface area contributed by atoms with Crippen LogP contribution in [0.5, 0.6) is 0 Å². The standard InChI is InChI=1S/C21H22N4O3S4/c1-4-5-12-25(2)32(27,28)14-8-6-13(7-9-14)19(26)24-20-22-15-10-11-16-18(17(15)30-20)31-21(23-16)29-3/h6-11H,4-5,12H2,1-3H3,(H,22,24,26). The average Bonchev–Trinajstić information content (AvgIpc) is 3.40. The molecule has 0 aliphatic rings. The van der Waals surface area contributed by atoms with Crippen molar-refractivity contribution in [1.82, 2.24) is 14.3 Å². The van der Waals surface area contributed by atoms with E-state index in [2.05, 4.69) is 15.3 Å². The molecule has 2 aromatic heterocycles. The number of sulfonamides is 1. The zero-order chi connectivity index (χ0) is 22.9. The second-order valence-corrected chi connectivity index (χ2v) is 12.2. The van der Waals surface area contributed by atoms with Gasteiger partial charge in [-0.1, -0.05) is 36.4 Å². The lowest BCUT2D eigenvalue weighted by molar-refractivity contribution is 0.102. The summed E-state index contributed by atoms with van der Waals surface area (Å²) in [5, 5.41) is 3.32. The quantitative estimate of drug-likeness (QED) is 0.326. The highest BCUT2D eigenvalue weighted by molar-refractivity contribution is 8.00. The van der Waals surface area contributed by atoms with E-state index >= 15 is 0 Å². The molecule has 0 fully saturated rings. The summed E-state index contributed by atoms with van der Waals surface area (Å²) in [6, 6.07) is 9.83. The number of nitrogens with one attached hydrogen (secondary N) is 1. The second kappa shape index (κ2) is 9.44. The Morgan fingerprint density at radius 3 is 2.38 bits per heavy atom. The molecule has 32 heavy (non-hydrogen) atoms. The first-order valence-electron chi connectivity index (χ1n) is 9.95. The van der Waals surface area contributed by atoms with Gasteiger partial charge in [-0.05, 0) is 49.1 Å². The predicted octanol–water partition coefficient (Wildman–Crippen LogP) is 5.30. The number of rotatable bonds is 8. The fourth-order valence-electron chi connectivity index (χ4n) is 3.12. The normalized spacial score (nSPS) is 12.1. The van der Waals surface area contributed by atoms with Crippen LogP contribution in [0.15, 0.2) is 45.6 Å². The van der Waals surface area contributed by atoms with Crippen LogP contribution in [0.4, 0.5) is 5.13 Å². The molecule has 0 atom stereocenters. The maximum atomic E-state index is 12.7. The van der Waals surface area contributed by atoms with E-state index in [1.54, 1.807) is 30.1 Å². The molecule has 11 heteroatoms. The molecule has 0 aliphatic carbocycles. The third kappa shape index (κ3) is 4.53. The van der Waals surface area contributed by atoms with Crippen LogP contribution in [0.2, 0.25) is 0 Å². The SMILES string of the molecule is CCCCN(C)S(=O)(=O)c1ccc(C(=O)Nc2nc3ccc4nc(SC)sc4c3s2)cc1. The third-order valence-electron chi connectivity index (χ3n) is 4.94. The number of aromatic nitrogens is 2. The predicted molar refractivity (Wildman–Crippen MR) is 134 cm³/mol. The molecule has 0 spiro atoms. The zero-order valence-corrected chi connectivity index (χ0v) is 21.1. The van der Waals surface area contributed by atoms with Gasteiger partial charge in [0.2, 0.25) is 10.0 Å². The Kier molecular flexibility index (Phi) is 6.82. The minimum absolute atomic E-state index is 0.171. The Morgan fingerprint density at radius 1 is 1.06 bits per heavy atom. The zero-order valence-electron chi connectivity index (χ0n) is 17.8. The van der Waals surface area contributed by atoms with Crippen molar-refractivity contribution in [2.24, 2.45) is 0 Å². The van der Waals surface area contributed by atoms with Crippen molar-refractivity contribution in [3.8, 4) is 0 Å². The van der Waals surface area contributed by atoms with E-state index in [0.29, 0.717) is 17.2 Å². The number of amides is 1. The smallest absolute Gasteiger partial charge is 0.257 e. The summed E-state index contributed by atoms with van der Waals surface area (Å²) >= 11 is 4.63. The molecule has 1 amide bonds. The fraction of sp³-hybridized carbons (Fsp3) is 0.286. The molecule has 0 aliphatic heterocycles. The molecule has 0 saturated heterocycles. The number of hydrogen-bond donors (Lipinski definition) is 1. The number of fused-ring (bicyclic) bond motifs is 3. The summed E-state index contributed by atoms with van der Waals surface area (Å²) in [6.45, 7) is 2.48. The Labute approximate surface area is 198 Å². The summed E-state index contributed by atoms with van der Waals surface area (Å²) < 4.78 is 29.7. The van der Waals surface area contributed by atoms with Gasteiger partial charge in [0.15, 0.2) is 9.47 Å². The molecule has 0 saturated carbocycles. The topological polar surface area (TPSA) is 92.3 Å².